The number of phenols is 1. The van der Waals surface area contributed by atoms with Crippen molar-refractivity contribution in [1.29, 1.82) is 0 Å². The second-order valence-electron chi connectivity index (χ2n) is 23.3. The van der Waals surface area contributed by atoms with Crippen LogP contribution in [0, 0.1) is 31.3 Å². The summed E-state index contributed by atoms with van der Waals surface area (Å²) in [6.07, 6.45) is 2.95. The van der Waals surface area contributed by atoms with Gasteiger partial charge in [-0.1, -0.05) is 194 Å². The summed E-state index contributed by atoms with van der Waals surface area (Å²) >= 11 is 0. The van der Waals surface area contributed by atoms with Crippen LogP contribution in [-0.2, 0) is 46.4 Å². The molecule has 2 N–H and O–H groups in total. The number of aryl methyl sites for hydroxylation is 5. The van der Waals surface area contributed by atoms with Crippen LogP contribution >= 0.6 is 0 Å². The van der Waals surface area contributed by atoms with Gasteiger partial charge < -0.3 is 24.6 Å². The summed E-state index contributed by atoms with van der Waals surface area (Å²) in [6.45, 7) is 4.86. The number of hydrogen-bond acceptors (Lipinski definition) is 10. The van der Waals surface area contributed by atoms with E-state index in [4.69, 9.17) is 24.2 Å². The average Bonchev–Trinajstić information content (AvgIpc) is 0.771. The maximum absolute atomic E-state index is 14.6. The Kier molecular flexibility index (Phi) is 23.8. The van der Waals surface area contributed by atoms with Gasteiger partial charge >= 0.3 is 5.97 Å². The first-order valence-electron chi connectivity index (χ1n) is 32.5. The summed E-state index contributed by atoms with van der Waals surface area (Å²) in [5.74, 6) is -2.33. The molecule has 0 aliphatic rings. The molecule has 13 nitrogen and oxygen atoms in total. The molecule has 0 fully saturated rings. The number of aromatic hydroxyl groups is 1. The molecule has 0 unspecified atom stereocenters. The minimum Gasteiger partial charge on any atom is -0.504 e. The van der Waals surface area contributed by atoms with E-state index in [1.54, 1.807) is 47.2 Å². The summed E-state index contributed by atoms with van der Waals surface area (Å²) in [5, 5.41) is 13.1. The molecule has 10 aromatic carbocycles. The molecule has 1 amide bonds. The molecular formula is C84H74F3N5O8. The van der Waals surface area contributed by atoms with Crippen LogP contribution in [0.15, 0.2) is 270 Å². The quantitative estimate of drug-likeness (QED) is 0.0554. The number of amides is 1. The summed E-state index contributed by atoms with van der Waals surface area (Å²) < 4.78 is 61.6. The van der Waals surface area contributed by atoms with E-state index in [1.807, 2.05) is 188 Å². The lowest BCUT2D eigenvalue weighted by molar-refractivity contribution is -0.136. The second-order valence-corrected chi connectivity index (χ2v) is 23.3. The first kappa shape index (κ1) is 70.6. The van der Waals surface area contributed by atoms with Crippen LogP contribution in [0.5, 0.6) is 17.2 Å². The Morgan fingerprint density at radius 2 is 0.820 bits per heavy atom. The third kappa shape index (κ3) is 17.0. The highest BCUT2D eigenvalue weighted by Gasteiger charge is 2.26. The molecule has 12 aromatic rings. The minimum atomic E-state index is -0.748. The van der Waals surface area contributed by atoms with Crippen LogP contribution < -0.4 is 25.9 Å². The number of methoxy groups -OCH3 is 3. The van der Waals surface area contributed by atoms with Crippen molar-refractivity contribution in [2.24, 2.45) is 0 Å². The highest BCUT2D eigenvalue weighted by Crippen LogP contribution is 2.36. The molecule has 0 saturated heterocycles. The van der Waals surface area contributed by atoms with Gasteiger partial charge in [-0.05, 0) is 152 Å². The van der Waals surface area contributed by atoms with Crippen LogP contribution in [-0.4, -0.2) is 57.4 Å². The maximum Gasteiger partial charge on any atom is 0.335 e. The Bertz CT molecular complexity index is 4960. The van der Waals surface area contributed by atoms with Crippen LogP contribution in [0.4, 0.5) is 13.2 Å². The van der Waals surface area contributed by atoms with Gasteiger partial charge in [-0.3, -0.25) is 23.5 Å². The fourth-order valence-corrected chi connectivity index (χ4v) is 11.9. The summed E-state index contributed by atoms with van der Waals surface area (Å²) in [7, 11) is 4.02. The first-order chi connectivity index (χ1) is 48.6. The van der Waals surface area contributed by atoms with Crippen molar-refractivity contribution in [2.75, 3.05) is 21.3 Å². The first-order valence-corrected chi connectivity index (χ1v) is 32.5. The number of halogens is 3. The standard InChI is InChI=1S/C32H27FN2O2.C31H25FN2O2.C21H22FNO4/c1-22-34-30(27-14-9-15-29(33)31(27)37-2)28(21-16-23-10-5-3-6-11-23)32(36)35(22)26-19-17-25(18-20-26)24-12-7-4-8-13-24;1-21-33-29(26-13-8-14-28(32)30(26)35)27(20-15-22-9-4-2-5-10-22)31(36)34(21)25-18-16-24(17-19-25)23-11-6-3-7-12-23;1-14(24)23-19(16-10-7-11-18(22)20(16)26-2)17(21(25)27-3)13-12-15-8-5-4-6-9-15/h3-15,17-20H,16,21H2,1-2H3;2-14,16-19,35H,15,20H2,1H3;4-11H,12-13H2,1-3H3,(H,23,24)/b;;19-17-. The zero-order valence-electron chi connectivity index (χ0n) is 56.2. The minimum absolute atomic E-state index is 0.0534. The van der Waals surface area contributed by atoms with Gasteiger partial charge in [0.25, 0.3) is 11.1 Å². The van der Waals surface area contributed by atoms with E-state index in [2.05, 4.69) is 17.4 Å². The summed E-state index contributed by atoms with van der Waals surface area (Å²) in [5.41, 5.74) is 11.6. The third-order valence-electron chi connectivity index (χ3n) is 16.8. The molecule has 12 rings (SSSR count). The second kappa shape index (κ2) is 33.7. The van der Waals surface area contributed by atoms with Crippen molar-refractivity contribution in [3.8, 4) is 73.4 Å². The Labute approximate surface area is 578 Å². The lowest BCUT2D eigenvalue weighted by atomic mass is 9.98. The number of carbonyl (C=O) groups excluding carboxylic acids is 2. The van der Waals surface area contributed by atoms with E-state index in [0.29, 0.717) is 83.9 Å². The van der Waals surface area contributed by atoms with Gasteiger partial charge in [0.05, 0.1) is 55.4 Å². The molecule has 2 heterocycles. The molecule has 100 heavy (non-hydrogen) atoms. The zero-order chi connectivity index (χ0) is 70.7. The summed E-state index contributed by atoms with van der Waals surface area (Å²) in [6, 6.07) is 78.5. The van der Waals surface area contributed by atoms with Gasteiger partial charge in [-0.25, -0.2) is 27.9 Å². The molecule has 16 heteroatoms. The number of ether oxygens (including phenoxy) is 3. The molecule has 0 spiro atoms. The summed E-state index contributed by atoms with van der Waals surface area (Å²) in [4.78, 5) is 61.7. The normalized spacial score (nSPS) is 11.1. The predicted molar refractivity (Wildman–Crippen MR) is 387 cm³/mol. The Morgan fingerprint density at radius 3 is 1.25 bits per heavy atom. The average molecular weight is 1340 g/mol. The van der Waals surface area contributed by atoms with Crippen molar-refractivity contribution in [1.82, 2.24) is 24.4 Å². The van der Waals surface area contributed by atoms with Crippen LogP contribution in [0.2, 0.25) is 0 Å². The lowest BCUT2D eigenvalue weighted by Crippen LogP contribution is -2.27. The Balaban J connectivity index is 0.000000164. The molecule has 0 saturated carbocycles. The molecule has 0 aliphatic heterocycles. The number of carbonyl (C=O) groups is 2. The van der Waals surface area contributed by atoms with Crippen molar-refractivity contribution in [3.05, 3.63) is 344 Å². The van der Waals surface area contributed by atoms with E-state index in [0.717, 1.165) is 44.6 Å². The van der Waals surface area contributed by atoms with Crippen LogP contribution in [0.25, 0.3) is 61.8 Å². The Morgan fingerprint density at radius 1 is 0.440 bits per heavy atom. The number of hydrogen-bond donors (Lipinski definition) is 2. The van der Waals surface area contributed by atoms with E-state index in [-0.39, 0.29) is 45.0 Å². The molecule has 0 bridgehead atoms. The zero-order valence-corrected chi connectivity index (χ0v) is 56.2. The molecule has 0 radical (unpaired) electrons. The number of rotatable bonds is 20. The monoisotopic (exact) mass is 1340 g/mol. The smallest absolute Gasteiger partial charge is 0.335 e. The van der Waals surface area contributed by atoms with E-state index < -0.39 is 35.1 Å². The fraction of sp³-hybridized carbons (Fsp3) is 0.143. The highest BCUT2D eigenvalue weighted by atomic mass is 19.1. The number of phenolic OH excluding ortho intramolecular Hbond substituents is 1. The van der Waals surface area contributed by atoms with Gasteiger partial charge in [0.2, 0.25) is 5.91 Å². The number of aromatic nitrogens is 4. The number of esters is 1. The van der Waals surface area contributed by atoms with E-state index >= 15 is 0 Å². The number of nitrogens with one attached hydrogen (secondary N) is 1. The molecule has 2 aromatic heterocycles. The molecule has 0 atom stereocenters. The van der Waals surface area contributed by atoms with Crippen molar-refractivity contribution < 1.29 is 42.1 Å². The molecule has 0 aliphatic carbocycles. The SMILES string of the molecule is COC(=O)/C(CCc1ccccc1)=C(\NC(C)=O)c1cccc(F)c1OC.COc1c(F)cccc1-c1nc(C)n(-c2ccc(-c3ccccc3)cc2)c(=O)c1CCc1ccccc1.Cc1nc(-c2cccc(F)c2O)c(CCc2ccccc2)c(=O)n1-c1ccc(-c2ccccc2)cc1. The Hall–Kier alpha value is -12.2. The van der Waals surface area contributed by atoms with Crippen LogP contribution in [0.3, 0.4) is 0 Å². The maximum atomic E-state index is 14.6. The van der Waals surface area contributed by atoms with E-state index in [9.17, 15) is 37.5 Å². The van der Waals surface area contributed by atoms with E-state index in [1.165, 1.54) is 58.6 Å². The number of nitrogens with zero attached hydrogens (tertiary/aromatic N) is 4. The van der Waals surface area contributed by atoms with Crippen molar-refractivity contribution in [3.63, 3.8) is 0 Å². The van der Waals surface area contributed by atoms with Crippen molar-refractivity contribution in [2.45, 2.75) is 59.3 Å². The predicted octanol–water partition coefficient (Wildman–Crippen LogP) is 16.8. The highest BCUT2D eigenvalue weighted by molar-refractivity contribution is 6.01. The van der Waals surface area contributed by atoms with Gasteiger partial charge in [-0.15, -0.1) is 0 Å². The third-order valence-corrected chi connectivity index (χ3v) is 16.8. The van der Waals surface area contributed by atoms with Gasteiger partial charge in [-0.2, -0.15) is 0 Å². The van der Waals surface area contributed by atoms with Crippen molar-refractivity contribution >= 4 is 17.6 Å². The largest absolute Gasteiger partial charge is 0.504 e. The van der Waals surface area contributed by atoms with Gasteiger partial charge in [0, 0.05) is 34.7 Å². The van der Waals surface area contributed by atoms with Gasteiger partial charge in [0.15, 0.2) is 34.7 Å². The molecular weight excluding hydrogens is 1260 g/mol. The molecule has 504 valence electrons. The topological polar surface area (TPSA) is 164 Å². The fourth-order valence-electron chi connectivity index (χ4n) is 11.9. The number of benzene rings is 10. The van der Waals surface area contributed by atoms with Gasteiger partial charge in [0.1, 0.15) is 11.6 Å². The van der Waals surface area contributed by atoms with Crippen LogP contribution in [0.1, 0.15) is 58.4 Å². The number of para-hydroxylation sites is 3. The lowest BCUT2D eigenvalue weighted by Gasteiger charge is -2.17.